The number of hydrogen-bond donors (Lipinski definition) is 3. The molecule has 0 saturated carbocycles. The van der Waals surface area contributed by atoms with E-state index in [1.54, 1.807) is 0 Å². The van der Waals surface area contributed by atoms with E-state index in [0.29, 0.717) is 11.5 Å². The molecule has 0 aliphatic carbocycles. The third-order valence-corrected chi connectivity index (χ3v) is 4.89. The van der Waals surface area contributed by atoms with E-state index in [2.05, 4.69) is 18.7 Å². The molecule has 4 heteroatoms. The molecule has 0 radical (unpaired) electrons. The largest absolute Gasteiger partial charge is 0.508 e. The van der Waals surface area contributed by atoms with Crippen LogP contribution >= 0.6 is 0 Å². The number of aliphatic hydroxyl groups is 1. The molecule has 120 valence electrons. The fourth-order valence-electron chi connectivity index (χ4n) is 3.79. The lowest BCUT2D eigenvalue weighted by atomic mass is 9.84. The summed E-state index contributed by atoms with van der Waals surface area (Å²) in [6.07, 6.45) is 2.87. The Morgan fingerprint density at radius 2 is 2.14 bits per heavy atom. The van der Waals surface area contributed by atoms with E-state index >= 15 is 0 Å². The Morgan fingerprint density at radius 1 is 1.36 bits per heavy atom. The third kappa shape index (κ3) is 2.73. The SMILES string of the molecule is CC(C)CC1=C(N)C[C@@H]2c3cc(O)c(CO)cc3CCN2C1. The normalized spacial score (nSPS) is 21.9. The smallest absolute Gasteiger partial charge is 0.121 e. The maximum absolute atomic E-state index is 10.1. The quantitative estimate of drug-likeness (QED) is 0.802. The fraction of sp³-hybridized carbons (Fsp3) is 0.556. The van der Waals surface area contributed by atoms with Crippen molar-refractivity contribution in [2.45, 2.75) is 45.8 Å². The maximum atomic E-state index is 10.1. The van der Waals surface area contributed by atoms with Crippen molar-refractivity contribution in [2.75, 3.05) is 13.1 Å². The van der Waals surface area contributed by atoms with Gasteiger partial charge in [-0.1, -0.05) is 13.8 Å². The second-order valence-electron chi connectivity index (χ2n) is 7.01. The monoisotopic (exact) mass is 302 g/mol. The van der Waals surface area contributed by atoms with E-state index in [-0.39, 0.29) is 18.4 Å². The third-order valence-electron chi connectivity index (χ3n) is 4.89. The number of aromatic hydroxyl groups is 1. The van der Waals surface area contributed by atoms with Gasteiger partial charge >= 0.3 is 0 Å². The first-order valence-electron chi connectivity index (χ1n) is 8.15. The molecule has 4 nitrogen and oxygen atoms in total. The summed E-state index contributed by atoms with van der Waals surface area (Å²) in [4.78, 5) is 2.48. The summed E-state index contributed by atoms with van der Waals surface area (Å²) in [5, 5.41) is 19.4. The van der Waals surface area contributed by atoms with Gasteiger partial charge < -0.3 is 15.9 Å². The van der Waals surface area contributed by atoms with Gasteiger partial charge in [0.15, 0.2) is 0 Å². The molecular weight excluding hydrogens is 276 g/mol. The number of nitrogens with two attached hydrogens (primary N) is 1. The second kappa shape index (κ2) is 5.94. The Hall–Kier alpha value is -1.52. The molecule has 2 heterocycles. The summed E-state index contributed by atoms with van der Waals surface area (Å²) in [5.74, 6) is 0.817. The molecule has 0 bridgehead atoms. The molecule has 4 N–H and O–H groups in total. The van der Waals surface area contributed by atoms with E-state index in [4.69, 9.17) is 5.73 Å². The van der Waals surface area contributed by atoms with Crippen molar-refractivity contribution in [2.24, 2.45) is 11.7 Å². The standard InChI is InChI=1S/C18H26N2O2/c1-11(2)5-13-9-20-4-3-12-6-14(10-21)18(22)7-15(12)17(20)8-16(13)19/h6-7,11,17,21-22H,3-5,8-10,19H2,1-2H3/t17-/m1/s1. The molecule has 0 saturated heterocycles. The average molecular weight is 302 g/mol. The summed E-state index contributed by atoms with van der Waals surface area (Å²) >= 11 is 0. The molecule has 1 aromatic rings. The molecule has 1 aromatic carbocycles. The van der Waals surface area contributed by atoms with Crippen LogP contribution in [0, 0.1) is 5.92 Å². The van der Waals surface area contributed by atoms with Crippen molar-refractivity contribution in [3.63, 3.8) is 0 Å². The van der Waals surface area contributed by atoms with Crippen LogP contribution in [0.25, 0.3) is 0 Å². The zero-order valence-electron chi connectivity index (χ0n) is 13.5. The van der Waals surface area contributed by atoms with Gasteiger partial charge in [-0.25, -0.2) is 0 Å². The van der Waals surface area contributed by atoms with Crippen LogP contribution in [0.5, 0.6) is 5.75 Å². The Labute approximate surface area is 132 Å². The highest BCUT2D eigenvalue weighted by Gasteiger charge is 2.33. The average Bonchev–Trinajstić information content (AvgIpc) is 2.47. The minimum Gasteiger partial charge on any atom is -0.508 e. The summed E-state index contributed by atoms with van der Waals surface area (Å²) in [7, 11) is 0. The van der Waals surface area contributed by atoms with E-state index < -0.39 is 0 Å². The number of rotatable bonds is 3. The van der Waals surface area contributed by atoms with E-state index in [0.717, 1.165) is 38.0 Å². The van der Waals surface area contributed by atoms with Crippen molar-refractivity contribution < 1.29 is 10.2 Å². The minimum atomic E-state index is -0.117. The predicted molar refractivity (Wildman–Crippen MR) is 87.3 cm³/mol. The predicted octanol–water partition coefficient (Wildman–Crippen LogP) is 2.45. The zero-order valence-corrected chi connectivity index (χ0v) is 13.5. The van der Waals surface area contributed by atoms with Crippen LogP contribution in [0.15, 0.2) is 23.4 Å². The molecule has 0 aromatic heterocycles. The first-order chi connectivity index (χ1) is 10.5. The van der Waals surface area contributed by atoms with Gasteiger partial charge in [0.05, 0.1) is 6.61 Å². The molecular formula is C18H26N2O2. The Balaban J connectivity index is 1.92. The van der Waals surface area contributed by atoms with Gasteiger partial charge in [-0.2, -0.15) is 0 Å². The van der Waals surface area contributed by atoms with Gasteiger partial charge in [-0.05, 0) is 47.6 Å². The van der Waals surface area contributed by atoms with Crippen molar-refractivity contribution >= 4 is 0 Å². The van der Waals surface area contributed by atoms with Gasteiger partial charge in [-0.3, -0.25) is 4.90 Å². The van der Waals surface area contributed by atoms with Crippen LogP contribution in [0.1, 0.15) is 49.4 Å². The van der Waals surface area contributed by atoms with Gasteiger partial charge in [-0.15, -0.1) is 0 Å². The number of nitrogens with zero attached hydrogens (tertiary/aromatic N) is 1. The Kier molecular flexibility index (Phi) is 4.15. The molecule has 2 aliphatic rings. The summed E-state index contributed by atoms with van der Waals surface area (Å²) in [6.45, 7) is 6.30. The van der Waals surface area contributed by atoms with Crippen molar-refractivity contribution in [1.29, 1.82) is 0 Å². The van der Waals surface area contributed by atoms with Crippen LogP contribution in [-0.4, -0.2) is 28.2 Å². The Morgan fingerprint density at radius 3 is 2.82 bits per heavy atom. The number of fused-ring (bicyclic) bond motifs is 3. The lowest BCUT2D eigenvalue weighted by molar-refractivity contribution is 0.181. The molecule has 0 unspecified atom stereocenters. The highest BCUT2D eigenvalue weighted by Crippen LogP contribution is 2.40. The van der Waals surface area contributed by atoms with Crippen molar-refractivity contribution in [3.8, 4) is 5.75 Å². The number of benzene rings is 1. The van der Waals surface area contributed by atoms with Crippen molar-refractivity contribution in [3.05, 3.63) is 40.1 Å². The summed E-state index contributed by atoms with van der Waals surface area (Å²) in [6, 6.07) is 4.04. The molecule has 22 heavy (non-hydrogen) atoms. The van der Waals surface area contributed by atoms with Gasteiger partial charge in [0.25, 0.3) is 0 Å². The summed E-state index contributed by atoms with van der Waals surface area (Å²) in [5.41, 5.74) is 11.8. The highest BCUT2D eigenvalue weighted by molar-refractivity contribution is 5.45. The molecule has 3 rings (SSSR count). The summed E-state index contributed by atoms with van der Waals surface area (Å²) < 4.78 is 0. The maximum Gasteiger partial charge on any atom is 0.121 e. The second-order valence-corrected chi connectivity index (χ2v) is 7.01. The lowest BCUT2D eigenvalue weighted by Crippen LogP contribution is -2.41. The van der Waals surface area contributed by atoms with Crippen LogP contribution < -0.4 is 5.73 Å². The Bertz CT molecular complexity index is 607. The van der Waals surface area contributed by atoms with E-state index in [9.17, 15) is 10.2 Å². The molecule has 0 spiro atoms. The highest BCUT2D eigenvalue weighted by atomic mass is 16.3. The number of aliphatic hydroxyl groups excluding tert-OH is 1. The molecule has 1 atom stereocenters. The number of hydrogen-bond acceptors (Lipinski definition) is 4. The van der Waals surface area contributed by atoms with Gasteiger partial charge in [0, 0.05) is 36.8 Å². The first-order valence-corrected chi connectivity index (χ1v) is 8.15. The van der Waals surface area contributed by atoms with Crippen LogP contribution in [0.4, 0.5) is 0 Å². The van der Waals surface area contributed by atoms with Crippen LogP contribution in [0.2, 0.25) is 0 Å². The van der Waals surface area contributed by atoms with Crippen LogP contribution in [0.3, 0.4) is 0 Å². The minimum absolute atomic E-state index is 0.117. The first kappa shape index (κ1) is 15.4. The van der Waals surface area contributed by atoms with Crippen LogP contribution in [-0.2, 0) is 13.0 Å². The number of phenols is 1. The van der Waals surface area contributed by atoms with E-state index in [1.807, 2.05) is 12.1 Å². The fourth-order valence-corrected chi connectivity index (χ4v) is 3.79. The topological polar surface area (TPSA) is 69.7 Å². The molecule has 0 amide bonds. The lowest BCUT2D eigenvalue weighted by Gasteiger charge is -2.42. The molecule has 0 fully saturated rings. The van der Waals surface area contributed by atoms with E-state index in [1.165, 1.54) is 16.7 Å². The van der Waals surface area contributed by atoms with Gasteiger partial charge in [0.2, 0.25) is 0 Å². The van der Waals surface area contributed by atoms with Crippen molar-refractivity contribution in [1.82, 2.24) is 4.90 Å². The molecule has 2 aliphatic heterocycles. The zero-order chi connectivity index (χ0) is 15.9. The van der Waals surface area contributed by atoms with Gasteiger partial charge in [0.1, 0.15) is 5.75 Å².